The van der Waals surface area contributed by atoms with Crippen LogP contribution in [0.1, 0.15) is 63.9 Å². The largest absolute Gasteiger partial charge is 0.359 e. The van der Waals surface area contributed by atoms with E-state index in [1.54, 1.807) is 0 Å². The van der Waals surface area contributed by atoms with Gasteiger partial charge in [0.1, 0.15) is 0 Å². The van der Waals surface area contributed by atoms with Crippen molar-refractivity contribution in [2.24, 2.45) is 23.2 Å². The number of hydrogen-bond acceptors (Lipinski definition) is 1. The zero-order chi connectivity index (χ0) is 17.3. The lowest BCUT2D eigenvalue weighted by Crippen LogP contribution is -2.58. The van der Waals surface area contributed by atoms with Crippen LogP contribution in [0.5, 0.6) is 0 Å². The van der Waals surface area contributed by atoms with Crippen LogP contribution in [0, 0.1) is 23.2 Å². The molecule has 1 unspecified atom stereocenters. The molecule has 4 fully saturated rings. The first-order chi connectivity index (χ1) is 12.2. The van der Waals surface area contributed by atoms with Crippen molar-refractivity contribution >= 4 is 17.3 Å². The fourth-order valence-corrected chi connectivity index (χ4v) is 6.63. The molecule has 0 amide bonds. The summed E-state index contributed by atoms with van der Waals surface area (Å²) in [6, 6.07) is 11.1. The van der Waals surface area contributed by atoms with Gasteiger partial charge in [0.05, 0.1) is 0 Å². The SMILES string of the molecule is CCCC(NC(=S)NCc1ccccc1)C12CC3CC(CC(C3)C1)C2. The summed E-state index contributed by atoms with van der Waals surface area (Å²) in [7, 11) is 0. The molecule has 3 heteroatoms. The van der Waals surface area contributed by atoms with Crippen LogP contribution >= 0.6 is 12.2 Å². The fraction of sp³-hybridized carbons (Fsp3) is 0.682. The molecule has 4 aliphatic rings. The highest BCUT2D eigenvalue weighted by Crippen LogP contribution is 2.61. The maximum atomic E-state index is 5.68. The van der Waals surface area contributed by atoms with Crippen LogP contribution in [-0.4, -0.2) is 11.2 Å². The number of benzene rings is 1. The molecular weight excluding hydrogens is 324 g/mol. The van der Waals surface area contributed by atoms with E-state index >= 15 is 0 Å². The summed E-state index contributed by atoms with van der Waals surface area (Å²) in [6.45, 7) is 3.13. The Balaban J connectivity index is 1.40. The van der Waals surface area contributed by atoms with Gasteiger partial charge in [0.25, 0.3) is 0 Å². The predicted molar refractivity (Wildman–Crippen MR) is 108 cm³/mol. The van der Waals surface area contributed by atoms with Gasteiger partial charge in [-0.25, -0.2) is 0 Å². The topological polar surface area (TPSA) is 24.1 Å². The molecule has 0 aromatic heterocycles. The first kappa shape index (κ1) is 17.3. The predicted octanol–water partition coefficient (Wildman–Crippen LogP) is 5.04. The lowest BCUT2D eigenvalue weighted by molar-refractivity contribution is -0.0720. The molecule has 136 valence electrons. The van der Waals surface area contributed by atoms with E-state index in [9.17, 15) is 0 Å². The lowest BCUT2D eigenvalue weighted by Gasteiger charge is -2.59. The Labute approximate surface area is 158 Å². The Hall–Kier alpha value is -1.09. The van der Waals surface area contributed by atoms with Crippen molar-refractivity contribution in [3.8, 4) is 0 Å². The number of nitrogens with one attached hydrogen (secondary N) is 2. The van der Waals surface area contributed by atoms with Crippen LogP contribution in [0.3, 0.4) is 0 Å². The zero-order valence-electron chi connectivity index (χ0n) is 15.5. The van der Waals surface area contributed by atoms with E-state index in [1.165, 1.54) is 56.9 Å². The summed E-state index contributed by atoms with van der Waals surface area (Å²) < 4.78 is 0. The Kier molecular flexibility index (Phi) is 5.04. The van der Waals surface area contributed by atoms with Crippen LogP contribution in [-0.2, 0) is 6.54 Å². The van der Waals surface area contributed by atoms with Crippen molar-refractivity contribution in [2.75, 3.05) is 0 Å². The van der Waals surface area contributed by atoms with Gasteiger partial charge in [-0.3, -0.25) is 0 Å². The van der Waals surface area contributed by atoms with Crippen LogP contribution in [0.25, 0.3) is 0 Å². The van der Waals surface area contributed by atoms with Gasteiger partial charge in [0, 0.05) is 12.6 Å². The van der Waals surface area contributed by atoms with Crippen molar-refractivity contribution in [3.63, 3.8) is 0 Å². The third-order valence-corrected chi connectivity index (χ3v) is 7.27. The summed E-state index contributed by atoms with van der Waals surface area (Å²) in [6.07, 6.45) is 11.3. The molecule has 4 bridgehead atoms. The van der Waals surface area contributed by atoms with Crippen molar-refractivity contribution < 1.29 is 0 Å². The minimum Gasteiger partial charge on any atom is -0.359 e. The van der Waals surface area contributed by atoms with Gasteiger partial charge in [0.15, 0.2) is 5.11 Å². The van der Waals surface area contributed by atoms with E-state index in [-0.39, 0.29) is 0 Å². The standard InChI is InChI=1S/C22H32N2S/c1-2-6-20(24-21(25)23-15-16-7-4-3-5-8-16)22-12-17-9-18(13-22)11-19(10-17)14-22/h3-5,7-8,17-20H,2,6,9-15H2,1H3,(H2,23,24,25). The molecule has 0 saturated heterocycles. The third kappa shape index (κ3) is 3.72. The van der Waals surface area contributed by atoms with Crippen molar-refractivity contribution in [3.05, 3.63) is 35.9 Å². The van der Waals surface area contributed by atoms with E-state index in [0.717, 1.165) is 29.4 Å². The van der Waals surface area contributed by atoms with Gasteiger partial charge in [-0.1, -0.05) is 43.7 Å². The number of thiocarbonyl (C=S) groups is 1. The highest BCUT2D eigenvalue weighted by Gasteiger charge is 2.53. The Morgan fingerprint density at radius 3 is 2.24 bits per heavy atom. The molecule has 0 spiro atoms. The Morgan fingerprint density at radius 2 is 1.68 bits per heavy atom. The second-order valence-electron chi connectivity index (χ2n) is 8.93. The zero-order valence-corrected chi connectivity index (χ0v) is 16.3. The molecule has 25 heavy (non-hydrogen) atoms. The average molecular weight is 357 g/mol. The monoisotopic (exact) mass is 356 g/mol. The lowest BCUT2D eigenvalue weighted by atomic mass is 9.47. The van der Waals surface area contributed by atoms with E-state index in [0.29, 0.717) is 11.5 Å². The highest BCUT2D eigenvalue weighted by molar-refractivity contribution is 7.80. The van der Waals surface area contributed by atoms with Gasteiger partial charge < -0.3 is 10.6 Å². The van der Waals surface area contributed by atoms with Gasteiger partial charge in [-0.15, -0.1) is 0 Å². The summed E-state index contributed by atoms with van der Waals surface area (Å²) in [5.41, 5.74) is 1.80. The molecule has 5 rings (SSSR count). The molecule has 0 aliphatic heterocycles. The minimum atomic E-state index is 0.517. The molecular formula is C22H32N2S. The smallest absolute Gasteiger partial charge is 0.166 e. The van der Waals surface area contributed by atoms with E-state index < -0.39 is 0 Å². The van der Waals surface area contributed by atoms with E-state index in [2.05, 4.69) is 47.9 Å². The summed E-state index contributed by atoms with van der Waals surface area (Å²) in [4.78, 5) is 0. The average Bonchev–Trinajstić information content (AvgIpc) is 2.59. The van der Waals surface area contributed by atoms with Crippen LogP contribution < -0.4 is 10.6 Å². The van der Waals surface area contributed by atoms with Crippen LogP contribution in [0.2, 0.25) is 0 Å². The first-order valence-corrected chi connectivity index (χ1v) is 10.7. The van der Waals surface area contributed by atoms with Gasteiger partial charge in [0.2, 0.25) is 0 Å². The minimum absolute atomic E-state index is 0.517. The summed E-state index contributed by atoms with van der Waals surface area (Å²) in [5, 5.41) is 8.05. The second-order valence-corrected chi connectivity index (χ2v) is 9.34. The second kappa shape index (κ2) is 7.26. The summed E-state index contributed by atoms with van der Waals surface area (Å²) >= 11 is 5.68. The molecule has 1 aromatic carbocycles. The van der Waals surface area contributed by atoms with Crippen molar-refractivity contribution in [1.82, 2.24) is 10.6 Å². The molecule has 2 nitrogen and oxygen atoms in total. The molecule has 4 aliphatic carbocycles. The van der Waals surface area contributed by atoms with Crippen LogP contribution in [0.4, 0.5) is 0 Å². The third-order valence-electron chi connectivity index (χ3n) is 7.00. The normalized spacial score (nSPS) is 33.9. The molecule has 0 heterocycles. The number of hydrogen-bond donors (Lipinski definition) is 2. The quantitative estimate of drug-likeness (QED) is 0.699. The first-order valence-electron chi connectivity index (χ1n) is 10.2. The van der Waals surface area contributed by atoms with Crippen molar-refractivity contribution in [1.29, 1.82) is 0 Å². The van der Waals surface area contributed by atoms with Gasteiger partial charge >= 0.3 is 0 Å². The van der Waals surface area contributed by atoms with Gasteiger partial charge in [-0.2, -0.15) is 0 Å². The Morgan fingerprint density at radius 1 is 1.08 bits per heavy atom. The van der Waals surface area contributed by atoms with Crippen LogP contribution in [0.15, 0.2) is 30.3 Å². The molecule has 4 saturated carbocycles. The van der Waals surface area contributed by atoms with Gasteiger partial charge in [-0.05, 0) is 85.9 Å². The number of rotatable bonds is 6. The molecule has 0 radical (unpaired) electrons. The maximum absolute atomic E-state index is 5.68. The highest BCUT2D eigenvalue weighted by atomic mass is 32.1. The van der Waals surface area contributed by atoms with E-state index in [4.69, 9.17) is 12.2 Å². The molecule has 2 N–H and O–H groups in total. The maximum Gasteiger partial charge on any atom is 0.166 e. The van der Waals surface area contributed by atoms with E-state index in [1.807, 2.05) is 0 Å². The van der Waals surface area contributed by atoms with Crippen molar-refractivity contribution in [2.45, 2.75) is 70.9 Å². The molecule has 1 aromatic rings. The fourth-order valence-electron chi connectivity index (χ4n) is 6.41. The summed E-state index contributed by atoms with van der Waals surface area (Å²) in [5.74, 6) is 3.00. The Bertz CT molecular complexity index is 562. The molecule has 1 atom stereocenters.